The van der Waals surface area contributed by atoms with Gasteiger partial charge in [-0.15, -0.1) is 0 Å². The van der Waals surface area contributed by atoms with Crippen molar-refractivity contribution in [3.05, 3.63) is 52.8 Å². The Morgan fingerprint density at radius 3 is 2.46 bits per heavy atom. The Morgan fingerprint density at radius 1 is 1.04 bits per heavy atom. The number of nitro groups is 1. The van der Waals surface area contributed by atoms with Gasteiger partial charge in [0.2, 0.25) is 10.0 Å². The number of non-ortho nitro benzene ring substituents is 1. The smallest absolute Gasteiger partial charge is 0.270 e. The Balaban J connectivity index is 1.44. The van der Waals surface area contributed by atoms with Crippen molar-refractivity contribution in [1.29, 1.82) is 0 Å². The van der Waals surface area contributed by atoms with E-state index in [1.54, 1.807) is 6.20 Å². The van der Waals surface area contributed by atoms with Crippen LogP contribution < -0.4 is 0 Å². The summed E-state index contributed by atoms with van der Waals surface area (Å²) < 4.78 is 28.9. The van der Waals surface area contributed by atoms with Gasteiger partial charge in [-0.05, 0) is 31.5 Å². The van der Waals surface area contributed by atoms with Crippen LogP contribution in [-0.4, -0.2) is 65.1 Å². The largest absolute Gasteiger partial charge is 0.301 e. The second-order valence-corrected chi connectivity index (χ2v) is 8.77. The first-order valence-electron chi connectivity index (χ1n) is 9.41. The summed E-state index contributed by atoms with van der Waals surface area (Å²) in [5, 5.41) is 15.1. The van der Waals surface area contributed by atoms with Crippen molar-refractivity contribution < 1.29 is 13.3 Å². The van der Waals surface area contributed by atoms with Crippen molar-refractivity contribution in [3.8, 4) is 0 Å². The summed E-state index contributed by atoms with van der Waals surface area (Å²) >= 11 is 0. The molecule has 0 aliphatic carbocycles. The SMILES string of the molecule is O=[N+]([O-])c1cccc(S(=O)(=O)N2CCN(CCCCCn3cccn3)CC2)c1. The first-order valence-corrected chi connectivity index (χ1v) is 10.9. The average Bonchev–Trinajstić information content (AvgIpc) is 3.22. The minimum Gasteiger partial charge on any atom is -0.301 e. The van der Waals surface area contributed by atoms with Crippen LogP contribution in [0.15, 0.2) is 47.6 Å². The van der Waals surface area contributed by atoms with Gasteiger partial charge < -0.3 is 4.90 Å². The van der Waals surface area contributed by atoms with E-state index >= 15 is 0 Å². The summed E-state index contributed by atoms with van der Waals surface area (Å²) in [7, 11) is -3.70. The number of benzene rings is 1. The fourth-order valence-corrected chi connectivity index (χ4v) is 4.78. The molecule has 9 nitrogen and oxygen atoms in total. The summed E-state index contributed by atoms with van der Waals surface area (Å²) in [6.07, 6.45) is 6.98. The molecule has 1 fully saturated rings. The molecule has 3 rings (SSSR count). The number of aromatic nitrogens is 2. The standard InChI is InChI=1S/C18H25N5O4S/c24-23(25)17-6-4-7-18(16-17)28(26,27)22-14-12-20(13-15-22)9-2-1-3-10-21-11-5-8-19-21/h4-8,11,16H,1-3,9-10,12-15H2. The van der Waals surface area contributed by atoms with E-state index < -0.39 is 14.9 Å². The molecule has 10 heteroatoms. The van der Waals surface area contributed by atoms with Crippen LogP contribution in [0, 0.1) is 10.1 Å². The third-order valence-corrected chi connectivity index (χ3v) is 6.81. The van der Waals surface area contributed by atoms with Crippen LogP contribution in [0.1, 0.15) is 19.3 Å². The highest BCUT2D eigenvalue weighted by molar-refractivity contribution is 7.89. The van der Waals surface area contributed by atoms with E-state index in [2.05, 4.69) is 10.00 Å². The van der Waals surface area contributed by atoms with Gasteiger partial charge in [-0.3, -0.25) is 14.8 Å². The van der Waals surface area contributed by atoms with Crippen LogP contribution in [0.25, 0.3) is 0 Å². The van der Waals surface area contributed by atoms with Crippen LogP contribution in [0.4, 0.5) is 5.69 Å². The molecule has 1 aliphatic heterocycles. The van der Waals surface area contributed by atoms with Gasteiger partial charge in [-0.2, -0.15) is 9.40 Å². The zero-order valence-electron chi connectivity index (χ0n) is 15.7. The Bertz CT molecular complexity index is 877. The maximum Gasteiger partial charge on any atom is 0.270 e. The number of sulfonamides is 1. The van der Waals surface area contributed by atoms with Gasteiger partial charge >= 0.3 is 0 Å². The number of nitrogens with zero attached hydrogens (tertiary/aromatic N) is 5. The van der Waals surface area contributed by atoms with E-state index in [1.807, 2.05) is 16.9 Å². The predicted octanol–water partition coefficient (Wildman–Crippen LogP) is 1.97. The molecular formula is C18H25N5O4S. The fourth-order valence-electron chi connectivity index (χ4n) is 3.32. The predicted molar refractivity (Wildman–Crippen MR) is 104 cm³/mol. The number of hydrogen-bond acceptors (Lipinski definition) is 6. The minimum absolute atomic E-state index is 0.0197. The minimum atomic E-state index is -3.70. The van der Waals surface area contributed by atoms with Gasteiger partial charge in [0.05, 0.1) is 9.82 Å². The maximum atomic E-state index is 12.8. The van der Waals surface area contributed by atoms with Gasteiger partial charge in [0.1, 0.15) is 0 Å². The first-order chi connectivity index (χ1) is 13.5. The normalized spacial score (nSPS) is 16.3. The Hall–Kier alpha value is -2.30. The first kappa shape index (κ1) is 20.4. The van der Waals surface area contributed by atoms with Gasteiger partial charge in [0.25, 0.3) is 5.69 Å². The van der Waals surface area contributed by atoms with Gasteiger partial charge in [-0.25, -0.2) is 8.42 Å². The lowest BCUT2D eigenvalue weighted by Gasteiger charge is -2.33. The van der Waals surface area contributed by atoms with Crippen molar-refractivity contribution in [3.63, 3.8) is 0 Å². The molecule has 2 aromatic rings. The number of rotatable bonds is 9. The van der Waals surface area contributed by atoms with Crippen molar-refractivity contribution >= 4 is 15.7 Å². The number of unbranched alkanes of at least 4 members (excludes halogenated alkanes) is 2. The highest BCUT2D eigenvalue weighted by atomic mass is 32.2. The molecule has 0 unspecified atom stereocenters. The molecule has 0 amide bonds. The summed E-state index contributed by atoms with van der Waals surface area (Å²) in [4.78, 5) is 12.6. The lowest BCUT2D eigenvalue weighted by molar-refractivity contribution is -0.385. The molecule has 1 aliphatic rings. The molecule has 1 aromatic carbocycles. The lowest BCUT2D eigenvalue weighted by Crippen LogP contribution is -2.48. The molecule has 0 bridgehead atoms. The van der Waals surface area contributed by atoms with Gasteiger partial charge in [-0.1, -0.05) is 12.5 Å². The van der Waals surface area contributed by atoms with Crippen molar-refractivity contribution in [2.24, 2.45) is 0 Å². The molecule has 0 N–H and O–H groups in total. The van der Waals surface area contributed by atoms with Crippen molar-refractivity contribution in [2.75, 3.05) is 32.7 Å². The quantitative estimate of drug-likeness (QED) is 0.358. The maximum absolute atomic E-state index is 12.8. The summed E-state index contributed by atoms with van der Waals surface area (Å²) in [6.45, 7) is 4.02. The second-order valence-electron chi connectivity index (χ2n) is 6.83. The lowest BCUT2D eigenvalue weighted by atomic mass is 10.2. The van der Waals surface area contributed by atoms with E-state index in [1.165, 1.54) is 22.5 Å². The van der Waals surface area contributed by atoms with E-state index in [0.29, 0.717) is 26.2 Å². The molecule has 0 radical (unpaired) electrons. The van der Waals surface area contributed by atoms with E-state index in [4.69, 9.17) is 0 Å². The molecule has 0 atom stereocenters. The molecule has 1 saturated heterocycles. The summed E-state index contributed by atoms with van der Waals surface area (Å²) in [5.41, 5.74) is -0.213. The van der Waals surface area contributed by atoms with Gasteiger partial charge in [0, 0.05) is 57.3 Å². The van der Waals surface area contributed by atoms with Crippen molar-refractivity contribution in [2.45, 2.75) is 30.7 Å². The zero-order chi connectivity index (χ0) is 20.0. The molecule has 1 aromatic heterocycles. The number of hydrogen-bond donors (Lipinski definition) is 0. The average molecular weight is 407 g/mol. The summed E-state index contributed by atoms with van der Waals surface area (Å²) in [6, 6.07) is 7.16. The highest BCUT2D eigenvalue weighted by Gasteiger charge is 2.29. The van der Waals surface area contributed by atoms with E-state index in [0.717, 1.165) is 38.4 Å². The molecule has 152 valence electrons. The fraction of sp³-hybridized carbons (Fsp3) is 0.500. The van der Waals surface area contributed by atoms with Crippen LogP contribution >= 0.6 is 0 Å². The van der Waals surface area contributed by atoms with E-state index in [9.17, 15) is 18.5 Å². The van der Waals surface area contributed by atoms with Crippen molar-refractivity contribution in [1.82, 2.24) is 19.0 Å². The molecule has 28 heavy (non-hydrogen) atoms. The molecule has 0 saturated carbocycles. The molecule has 2 heterocycles. The van der Waals surface area contributed by atoms with Crippen LogP contribution in [-0.2, 0) is 16.6 Å². The third-order valence-electron chi connectivity index (χ3n) is 4.92. The number of piperazine rings is 1. The highest BCUT2D eigenvalue weighted by Crippen LogP contribution is 2.22. The number of nitro benzene ring substituents is 1. The van der Waals surface area contributed by atoms with Crippen LogP contribution in [0.2, 0.25) is 0 Å². The Morgan fingerprint density at radius 2 is 1.79 bits per heavy atom. The van der Waals surface area contributed by atoms with Gasteiger partial charge in [0.15, 0.2) is 0 Å². The van der Waals surface area contributed by atoms with E-state index in [-0.39, 0.29) is 10.6 Å². The Kier molecular flexibility index (Phi) is 6.76. The third kappa shape index (κ3) is 5.15. The molecule has 0 spiro atoms. The number of aryl methyl sites for hydroxylation is 1. The zero-order valence-corrected chi connectivity index (χ0v) is 16.5. The topological polar surface area (TPSA) is 102 Å². The molecular weight excluding hydrogens is 382 g/mol. The summed E-state index contributed by atoms with van der Waals surface area (Å²) in [5.74, 6) is 0. The second kappa shape index (κ2) is 9.26. The van der Waals surface area contributed by atoms with Crippen LogP contribution in [0.3, 0.4) is 0 Å². The Labute approximate surface area is 164 Å². The monoisotopic (exact) mass is 407 g/mol. The van der Waals surface area contributed by atoms with Crippen LogP contribution in [0.5, 0.6) is 0 Å².